The molecule has 1 aliphatic rings. The van der Waals surface area contributed by atoms with Crippen LogP contribution in [0, 0.1) is 6.92 Å². The highest BCUT2D eigenvalue weighted by Gasteiger charge is 2.40. The number of amides is 2. The third kappa shape index (κ3) is 3.63. The molecular weight excluding hydrogens is 408 g/mol. The highest BCUT2D eigenvalue weighted by atomic mass is 35.5. The van der Waals surface area contributed by atoms with Crippen LogP contribution in [0.1, 0.15) is 50.6 Å². The fourth-order valence-electron chi connectivity index (χ4n) is 3.90. The van der Waals surface area contributed by atoms with Gasteiger partial charge in [0.2, 0.25) is 5.91 Å². The maximum absolute atomic E-state index is 13.7. The Balaban J connectivity index is 1.87. The number of halogens is 1. The van der Waals surface area contributed by atoms with Gasteiger partial charge in [-0.15, -0.1) is 11.3 Å². The molecule has 0 unspecified atom stereocenters. The number of carbonyl (C=O) groups is 2. The van der Waals surface area contributed by atoms with Gasteiger partial charge < -0.3 is 10.6 Å². The number of nitrogens with zero attached hydrogens (tertiary/aromatic N) is 3. The van der Waals surface area contributed by atoms with Gasteiger partial charge in [-0.3, -0.25) is 14.6 Å². The Morgan fingerprint density at radius 1 is 1.34 bits per heavy atom. The second kappa shape index (κ2) is 7.93. The first kappa shape index (κ1) is 19.5. The molecule has 8 heteroatoms. The lowest BCUT2D eigenvalue weighted by Gasteiger charge is -2.35. The molecule has 148 valence electrons. The van der Waals surface area contributed by atoms with Gasteiger partial charge in [-0.2, -0.15) is 0 Å². The summed E-state index contributed by atoms with van der Waals surface area (Å²) in [5.41, 5.74) is 10.7. The molecule has 0 bridgehead atoms. The second-order valence-electron chi connectivity index (χ2n) is 6.97. The Kier molecular flexibility index (Phi) is 5.34. The SMILES string of the molecule is Cc1ncsc1C(=O)N([C@@H]1CCc2ccc(Cl)cc21)[C@@H](C(N)=O)c1cccnc1. The average Bonchev–Trinajstić information content (AvgIpc) is 3.31. The van der Waals surface area contributed by atoms with Gasteiger partial charge in [0, 0.05) is 23.0 Å². The summed E-state index contributed by atoms with van der Waals surface area (Å²) in [6.07, 6.45) is 4.67. The quantitative estimate of drug-likeness (QED) is 0.670. The van der Waals surface area contributed by atoms with Gasteiger partial charge in [0.1, 0.15) is 10.9 Å². The van der Waals surface area contributed by atoms with E-state index in [4.69, 9.17) is 17.3 Å². The molecule has 1 aliphatic carbocycles. The lowest BCUT2D eigenvalue weighted by atomic mass is 10.00. The van der Waals surface area contributed by atoms with Gasteiger partial charge in [0.15, 0.2) is 0 Å². The predicted molar refractivity (Wildman–Crippen MR) is 112 cm³/mol. The molecule has 2 atom stereocenters. The summed E-state index contributed by atoms with van der Waals surface area (Å²) in [6, 6.07) is 7.90. The van der Waals surface area contributed by atoms with Gasteiger partial charge >= 0.3 is 0 Å². The third-order valence-corrected chi connectivity index (χ3v) is 6.36. The number of pyridine rings is 1. The van der Waals surface area contributed by atoms with E-state index < -0.39 is 11.9 Å². The fraction of sp³-hybridized carbons (Fsp3) is 0.238. The van der Waals surface area contributed by atoms with E-state index in [0.29, 0.717) is 27.6 Å². The highest BCUT2D eigenvalue weighted by Crippen LogP contribution is 2.42. The van der Waals surface area contributed by atoms with Gasteiger partial charge in [0.05, 0.1) is 17.2 Å². The van der Waals surface area contributed by atoms with Crippen LogP contribution in [-0.2, 0) is 11.2 Å². The summed E-state index contributed by atoms with van der Waals surface area (Å²) in [7, 11) is 0. The zero-order chi connectivity index (χ0) is 20.5. The van der Waals surface area contributed by atoms with E-state index in [2.05, 4.69) is 9.97 Å². The third-order valence-electron chi connectivity index (χ3n) is 5.21. The largest absolute Gasteiger partial charge is 0.368 e. The van der Waals surface area contributed by atoms with Crippen LogP contribution >= 0.6 is 22.9 Å². The van der Waals surface area contributed by atoms with Crippen molar-refractivity contribution < 1.29 is 9.59 Å². The van der Waals surface area contributed by atoms with Crippen molar-refractivity contribution in [2.75, 3.05) is 0 Å². The second-order valence-corrected chi connectivity index (χ2v) is 8.26. The Bertz CT molecular complexity index is 1070. The minimum Gasteiger partial charge on any atom is -0.368 e. The topological polar surface area (TPSA) is 89.2 Å². The fourth-order valence-corrected chi connectivity index (χ4v) is 4.83. The Morgan fingerprint density at radius 3 is 2.83 bits per heavy atom. The molecule has 0 aliphatic heterocycles. The number of rotatable bonds is 5. The zero-order valence-corrected chi connectivity index (χ0v) is 17.3. The number of primary amides is 1. The van der Waals surface area contributed by atoms with E-state index in [1.165, 1.54) is 11.3 Å². The van der Waals surface area contributed by atoms with Crippen LogP contribution in [0.2, 0.25) is 5.02 Å². The van der Waals surface area contributed by atoms with Crippen molar-refractivity contribution in [1.82, 2.24) is 14.9 Å². The van der Waals surface area contributed by atoms with Crippen molar-refractivity contribution in [2.45, 2.75) is 31.8 Å². The van der Waals surface area contributed by atoms with Gasteiger partial charge in [-0.25, -0.2) is 4.98 Å². The maximum Gasteiger partial charge on any atom is 0.267 e. The number of fused-ring (bicyclic) bond motifs is 1. The van der Waals surface area contributed by atoms with E-state index in [0.717, 1.165) is 17.5 Å². The number of aryl methyl sites for hydroxylation is 2. The number of nitrogens with two attached hydrogens (primary N) is 1. The Morgan fingerprint density at radius 2 is 2.17 bits per heavy atom. The minimum absolute atomic E-state index is 0.268. The normalized spacial score (nSPS) is 16.3. The van der Waals surface area contributed by atoms with Gasteiger partial charge in [-0.1, -0.05) is 23.7 Å². The molecule has 2 amide bonds. The van der Waals surface area contributed by atoms with Crippen LogP contribution in [0.25, 0.3) is 0 Å². The number of hydrogen-bond donors (Lipinski definition) is 1. The molecule has 1 aromatic carbocycles. The van der Waals surface area contributed by atoms with Gasteiger partial charge in [-0.05, 0) is 49.1 Å². The number of aromatic nitrogens is 2. The number of hydrogen-bond acceptors (Lipinski definition) is 5. The zero-order valence-electron chi connectivity index (χ0n) is 15.7. The number of thiazole rings is 1. The van der Waals surface area contributed by atoms with E-state index in [1.54, 1.807) is 41.9 Å². The summed E-state index contributed by atoms with van der Waals surface area (Å²) >= 11 is 7.50. The molecule has 2 N–H and O–H groups in total. The summed E-state index contributed by atoms with van der Waals surface area (Å²) in [5.74, 6) is -0.875. The molecule has 2 aromatic heterocycles. The monoisotopic (exact) mass is 426 g/mol. The first-order chi connectivity index (χ1) is 14.0. The van der Waals surface area contributed by atoms with Crippen molar-refractivity contribution in [2.24, 2.45) is 5.73 Å². The highest BCUT2D eigenvalue weighted by molar-refractivity contribution is 7.11. The molecule has 3 aromatic rings. The van der Waals surface area contributed by atoms with E-state index in [-0.39, 0.29) is 11.9 Å². The smallest absolute Gasteiger partial charge is 0.267 e. The standard InChI is InChI=1S/C21H19ClN4O2S/c1-12-19(29-11-25-12)21(28)26(18(20(23)27)14-3-2-8-24-10-14)17-7-5-13-4-6-15(22)9-16(13)17/h2-4,6,8-11,17-18H,5,7H2,1H3,(H2,23,27)/t17-,18-/m1/s1. The molecule has 2 heterocycles. The Hall–Kier alpha value is -2.77. The summed E-state index contributed by atoms with van der Waals surface area (Å²) in [4.78, 5) is 36.7. The molecular formula is C21H19ClN4O2S. The van der Waals surface area contributed by atoms with Crippen molar-refractivity contribution in [3.8, 4) is 0 Å². The van der Waals surface area contributed by atoms with Crippen LogP contribution < -0.4 is 5.73 Å². The lowest BCUT2D eigenvalue weighted by Crippen LogP contribution is -2.43. The van der Waals surface area contributed by atoms with Crippen LogP contribution in [0.4, 0.5) is 0 Å². The van der Waals surface area contributed by atoms with Crippen molar-refractivity contribution >= 4 is 34.8 Å². The number of benzene rings is 1. The first-order valence-corrected chi connectivity index (χ1v) is 10.4. The molecule has 0 spiro atoms. The molecule has 0 saturated heterocycles. The van der Waals surface area contributed by atoms with Crippen LogP contribution in [-0.4, -0.2) is 26.7 Å². The summed E-state index contributed by atoms with van der Waals surface area (Å²) < 4.78 is 0. The van der Waals surface area contributed by atoms with E-state index in [1.807, 2.05) is 18.2 Å². The van der Waals surface area contributed by atoms with Gasteiger partial charge in [0.25, 0.3) is 5.91 Å². The van der Waals surface area contributed by atoms with Crippen LogP contribution in [0.15, 0.2) is 48.2 Å². The maximum atomic E-state index is 13.7. The van der Waals surface area contributed by atoms with Crippen LogP contribution in [0.5, 0.6) is 0 Å². The number of carbonyl (C=O) groups excluding carboxylic acids is 2. The first-order valence-electron chi connectivity index (χ1n) is 9.17. The van der Waals surface area contributed by atoms with Crippen molar-refractivity contribution in [3.05, 3.63) is 80.5 Å². The van der Waals surface area contributed by atoms with Crippen molar-refractivity contribution in [3.63, 3.8) is 0 Å². The average molecular weight is 427 g/mol. The Labute approximate surface area is 177 Å². The molecule has 0 radical (unpaired) electrons. The molecule has 0 fully saturated rings. The predicted octanol–water partition coefficient (Wildman–Crippen LogP) is 3.86. The molecule has 29 heavy (non-hydrogen) atoms. The lowest BCUT2D eigenvalue weighted by molar-refractivity contribution is -0.123. The van der Waals surface area contributed by atoms with E-state index in [9.17, 15) is 9.59 Å². The summed E-state index contributed by atoms with van der Waals surface area (Å²) in [6.45, 7) is 1.78. The molecule has 4 rings (SSSR count). The minimum atomic E-state index is -0.951. The van der Waals surface area contributed by atoms with E-state index >= 15 is 0 Å². The van der Waals surface area contributed by atoms with Crippen molar-refractivity contribution in [1.29, 1.82) is 0 Å². The molecule has 6 nitrogen and oxygen atoms in total. The molecule has 0 saturated carbocycles. The van der Waals surface area contributed by atoms with Crippen LogP contribution in [0.3, 0.4) is 0 Å². The summed E-state index contributed by atoms with van der Waals surface area (Å²) in [5, 5.41) is 0.592.